The summed E-state index contributed by atoms with van der Waals surface area (Å²) >= 11 is 0. The van der Waals surface area contributed by atoms with Crippen LogP contribution in [0.5, 0.6) is 0 Å². The average Bonchev–Trinajstić information content (AvgIpc) is 2.17. The van der Waals surface area contributed by atoms with Gasteiger partial charge in [-0.15, -0.1) is 0 Å². The molecule has 0 aromatic heterocycles. The minimum Gasteiger partial charge on any atom is -0.395 e. The summed E-state index contributed by atoms with van der Waals surface area (Å²) in [4.78, 5) is 23.5. The van der Waals surface area contributed by atoms with Crippen LogP contribution in [-0.4, -0.2) is 59.9 Å². The second kappa shape index (κ2) is 8.16. The number of aliphatic hydroxyl groups is 2. The summed E-state index contributed by atoms with van der Waals surface area (Å²) < 4.78 is 0. The minimum atomic E-state index is -0.628. The first-order valence-corrected chi connectivity index (χ1v) is 4.66. The molecule has 0 spiro atoms. The fourth-order valence-corrected chi connectivity index (χ4v) is 0.948. The molecule has 0 rings (SSSR count). The number of urea groups is 1. The Bertz CT molecular complexity index is 204. The maximum absolute atomic E-state index is 11.3. The number of carbonyl (C=O) groups excluding carboxylic acids is 2. The standard InChI is InChI=1S/C8H17N3O4/c9-2-1-7(14)10-8(15)11(3-5-12)4-6-13/h12-13H,1-6,9H2,(H,10,14,15). The third kappa shape index (κ3) is 6.00. The van der Waals surface area contributed by atoms with Crippen LogP contribution in [0.2, 0.25) is 0 Å². The van der Waals surface area contributed by atoms with Crippen LogP contribution in [0.4, 0.5) is 4.79 Å². The van der Waals surface area contributed by atoms with Crippen molar-refractivity contribution < 1.29 is 19.8 Å². The van der Waals surface area contributed by atoms with Gasteiger partial charge in [0.05, 0.1) is 13.2 Å². The molecule has 0 unspecified atom stereocenters. The Kier molecular flexibility index (Phi) is 7.51. The highest BCUT2D eigenvalue weighted by atomic mass is 16.3. The molecule has 7 nitrogen and oxygen atoms in total. The van der Waals surface area contributed by atoms with Gasteiger partial charge in [-0.3, -0.25) is 10.1 Å². The van der Waals surface area contributed by atoms with Crippen molar-refractivity contribution >= 4 is 11.9 Å². The summed E-state index contributed by atoms with van der Waals surface area (Å²) in [6.45, 7) is -0.138. The van der Waals surface area contributed by atoms with Gasteiger partial charge < -0.3 is 20.8 Å². The first-order valence-electron chi connectivity index (χ1n) is 4.66. The number of rotatable bonds is 6. The van der Waals surface area contributed by atoms with E-state index >= 15 is 0 Å². The van der Waals surface area contributed by atoms with E-state index in [9.17, 15) is 9.59 Å². The molecule has 0 aliphatic carbocycles. The topological polar surface area (TPSA) is 116 Å². The fourth-order valence-electron chi connectivity index (χ4n) is 0.948. The van der Waals surface area contributed by atoms with E-state index in [2.05, 4.69) is 5.32 Å². The monoisotopic (exact) mass is 219 g/mol. The number of hydrogen-bond donors (Lipinski definition) is 4. The van der Waals surface area contributed by atoms with Gasteiger partial charge in [0.1, 0.15) is 0 Å². The summed E-state index contributed by atoms with van der Waals surface area (Å²) in [6.07, 6.45) is 0.0673. The molecule has 0 aromatic rings. The van der Waals surface area contributed by atoms with Crippen molar-refractivity contribution in [3.63, 3.8) is 0 Å². The lowest BCUT2D eigenvalue weighted by Crippen LogP contribution is -2.45. The minimum absolute atomic E-state index is 0.0673. The van der Waals surface area contributed by atoms with Crippen LogP contribution in [0.1, 0.15) is 6.42 Å². The maximum Gasteiger partial charge on any atom is 0.324 e. The van der Waals surface area contributed by atoms with Gasteiger partial charge in [-0.1, -0.05) is 0 Å². The number of hydrogen-bond acceptors (Lipinski definition) is 5. The Morgan fingerprint density at radius 3 is 2.13 bits per heavy atom. The highest BCUT2D eigenvalue weighted by molar-refractivity contribution is 5.94. The molecule has 0 heterocycles. The number of nitrogens with zero attached hydrogens (tertiary/aromatic N) is 1. The van der Waals surface area contributed by atoms with Crippen molar-refractivity contribution in [3.05, 3.63) is 0 Å². The van der Waals surface area contributed by atoms with Crippen molar-refractivity contribution in [3.8, 4) is 0 Å². The van der Waals surface area contributed by atoms with E-state index in [1.165, 1.54) is 0 Å². The molecular weight excluding hydrogens is 202 g/mol. The van der Waals surface area contributed by atoms with Gasteiger partial charge in [-0.05, 0) is 0 Å². The Hall–Kier alpha value is -1.18. The Morgan fingerprint density at radius 2 is 1.73 bits per heavy atom. The van der Waals surface area contributed by atoms with E-state index in [1.807, 2.05) is 0 Å². The molecule has 0 fully saturated rings. The van der Waals surface area contributed by atoms with Gasteiger partial charge in [0, 0.05) is 26.1 Å². The first-order chi connectivity index (χ1) is 7.15. The summed E-state index contributed by atoms with van der Waals surface area (Å²) in [5.74, 6) is -0.469. The van der Waals surface area contributed by atoms with Gasteiger partial charge >= 0.3 is 6.03 Å². The third-order valence-corrected chi connectivity index (χ3v) is 1.64. The molecule has 0 saturated heterocycles. The number of nitrogens with one attached hydrogen (secondary N) is 1. The molecule has 0 radical (unpaired) electrons. The lowest BCUT2D eigenvalue weighted by molar-refractivity contribution is -0.120. The molecule has 0 bridgehead atoms. The molecular formula is C8H17N3O4. The van der Waals surface area contributed by atoms with E-state index < -0.39 is 11.9 Å². The molecule has 88 valence electrons. The van der Waals surface area contributed by atoms with Crippen LogP contribution < -0.4 is 11.1 Å². The normalized spacial score (nSPS) is 9.80. The highest BCUT2D eigenvalue weighted by Crippen LogP contribution is 1.89. The molecule has 0 aliphatic rings. The van der Waals surface area contributed by atoms with Crippen molar-refractivity contribution in [2.45, 2.75) is 6.42 Å². The largest absolute Gasteiger partial charge is 0.395 e. The Morgan fingerprint density at radius 1 is 1.20 bits per heavy atom. The van der Waals surface area contributed by atoms with E-state index in [-0.39, 0.29) is 39.3 Å². The molecule has 15 heavy (non-hydrogen) atoms. The lowest BCUT2D eigenvalue weighted by Gasteiger charge is -2.20. The average molecular weight is 219 g/mol. The summed E-state index contributed by atoms with van der Waals surface area (Å²) in [5.41, 5.74) is 5.13. The molecule has 0 aliphatic heterocycles. The maximum atomic E-state index is 11.3. The van der Waals surface area contributed by atoms with Crippen LogP contribution in [0.25, 0.3) is 0 Å². The van der Waals surface area contributed by atoms with Crippen LogP contribution in [0.15, 0.2) is 0 Å². The van der Waals surface area contributed by atoms with Crippen molar-refractivity contribution in [1.82, 2.24) is 10.2 Å². The zero-order chi connectivity index (χ0) is 11.7. The fraction of sp³-hybridized carbons (Fsp3) is 0.750. The Balaban J connectivity index is 4.06. The van der Waals surface area contributed by atoms with E-state index in [0.717, 1.165) is 4.90 Å². The molecule has 0 aromatic carbocycles. The molecule has 0 atom stereocenters. The molecule has 7 heteroatoms. The number of nitrogens with two attached hydrogens (primary N) is 1. The number of aliphatic hydroxyl groups excluding tert-OH is 2. The SMILES string of the molecule is NCCC(=O)NC(=O)N(CCO)CCO. The summed E-state index contributed by atoms with van der Waals surface area (Å²) in [5, 5.41) is 19.4. The van der Waals surface area contributed by atoms with E-state index in [0.29, 0.717) is 0 Å². The number of amides is 3. The van der Waals surface area contributed by atoms with E-state index in [4.69, 9.17) is 15.9 Å². The van der Waals surface area contributed by atoms with Crippen molar-refractivity contribution in [2.75, 3.05) is 32.8 Å². The number of imide groups is 1. The van der Waals surface area contributed by atoms with Gasteiger partial charge in [-0.25, -0.2) is 4.79 Å². The third-order valence-electron chi connectivity index (χ3n) is 1.64. The van der Waals surface area contributed by atoms with Crippen LogP contribution in [0, 0.1) is 0 Å². The molecule has 5 N–H and O–H groups in total. The summed E-state index contributed by atoms with van der Waals surface area (Å²) in [6, 6.07) is -0.628. The first kappa shape index (κ1) is 13.8. The van der Waals surface area contributed by atoms with Crippen LogP contribution in [0.3, 0.4) is 0 Å². The van der Waals surface area contributed by atoms with Gasteiger partial charge in [0.25, 0.3) is 0 Å². The zero-order valence-electron chi connectivity index (χ0n) is 8.48. The van der Waals surface area contributed by atoms with Gasteiger partial charge in [0.2, 0.25) is 5.91 Å². The van der Waals surface area contributed by atoms with Gasteiger partial charge in [0.15, 0.2) is 0 Å². The molecule has 3 amide bonds. The highest BCUT2D eigenvalue weighted by Gasteiger charge is 2.14. The smallest absolute Gasteiger partial charge is 0.324 e. The van der Waals surface area contributed by atoms with E-state index in [1.54, 1.807) is 0 Å². The summed E-state index contributed by atoms with van der Waals surface area (Å²) in [7, 11) is 0. The Labute approximate surface area is 87.9 Å². The second-order valence-electron chi connectivity index (χ2n) is 2.83. The molecule has 0 saturated carbocycles. The lowest BCUT2D eigenvalue weighted by atomic mass is 10.4. The van der Waals surface area contributed by atoms with Gasteiger partial charge in [-0.2, -0.15) is 0 Å². The zero-order valence-corrected chi connectivity index (χ0v) is 8.48. The van der Waals surface area contributed by atoms with Crippen LogP contribution >= 0.6 is 0 Å². The number of carbonyl (C=O) groups is 2. The van der Waals surface area contributed by atoms with Crippen molar-refractivity contribution in [1.29, 1.82) is 0 Å². The quantitative estimate of drug-likeness (QED) is 0.407. The second-order valence-corrected chi connectivity index (χ2v) is 2.83. The predicted molar refractivity (Wildman–Crippen MR) is 53.0 cm³/mol. The van der Waals surface area contributed by atoms with Crippen LogP contribution in [-0.2, 0) is 4.79 Å². The van der Waals surface area contributed by atoms with Crippen molar-refractivity contribution in [2.24, 2.45) is 5.73 Å². The predicted octanol–water partition coefficient (Wildman–Crippen LogP) is -2.14.